The van der Waals surface area contributed by atoms with Crippen LogP contribution in [0.1, 0.15) is 28.9 Å². The molecule has 1 saturated carbocycles. The van der Waals surface area contributed by atoms with E-state index in [-0.39, 0.29) is 24.2 Å². The second-order valence-electron chi connectivity index (χ2n) is 7.80. The molecule has 2 aromatic heterocycles. The van der Waals surface area contributed by atoms with Crippen LogP contribution in [-0.4, -0.2) is 39.5 Å². The fraction of sp³-hybridized carbons (Fsp3) is 0.217. The molecule has 156 valence electrons. The van der Waals surface area contributed by atoms with E-state index in [1.54, 1.807) is 23.2 Å². The lowest BCUT2D eigenvalue weighted by molar-refractivity contribution is -0.132. The number of Topliss-reactive ketones (excluding diaryl/α,β-unsaturated/α-hetero) is 1. The molecule has 3 N–H and O–H groups in total. The van der Waals surface area contributed by atoms with Gasteiger partial charge in [-0.25, -0.2) is 4.98 Å². The van der Waals surface area contributed by atoms with Gasteiger partial charge in [0.05, 0.1) is 30.0 Å². The zero-order valence-electron chi connectivity index (χ0n) is 16.7. The zero-order valence-corrected chi connectivity index (χ0v) is 16.7. The predicted molar refractivity (Wildman–Crippen MR) is 116 cm³/mol. The number of fused-ring (bicyclic) bond motifs is 1. The quantitative estimate of drug-likeness (QED) is 0.536. The van der Waals surface area contributed by atoms with Crippen LogP contribution in [-0.2, 0) is 16.1 Å². The Bertz CT molecular complexity index is 1170. The molecule has 1 aliphatic heterocycles. The van der Waals surface area contributed by atoms with E-state index in [4.69, 9.17) is 0 Å². The van der Waals surface area contributed by atoms with E-state index in [2.05, 4.69) is 20.6 Å². The molecule has 5 rings (SSSR count). The number of para-hydroxylation sites is 1. The van der Waals surface area contributed by atoms with Gasteiger partial charge in [0.15, 0.2) is 5.78 Å². The SMILES string of the molecule is O=CNc1cc(-c2[nH]c3c(c2Nc2ccccc2)C(=O)CN(C(=O)C2CC2)C3)ccn1. The molecule has 0 atom stereocenters. The van der Waals surface area contributed by atoms with E-state index < -0.39 is 0 Å². The van der Waals surface area contributed by atoms with Crippen molar-refractivity contribution in [3.8, 4) is 11.3 Å². The largest absolute Gasteiger partial charge is 0.355 e. The highest BCUT2D eigenvalue weighted by atomic mass is 16.2. The number of aromatic amines is 1. The lowest BCUT2D eigenvalue weighted by Gasteiger charge is -2.26. The maximum Gasteiger partial charge on any atom is 0.226 e. The Morgan fingerprint density at radius 3 is 2.71 bits per heavy atom. The molecule has 1 fully saturated rings. The van der Waals surface area contributed by atoms with Crippen molar-refractivity contribution in [2.24, 2.45) is 5.92 Å². The summed E-state index contributed by atoms with van der Waals surface area (Å²) in [5.74, 6) is 0.413. The molecule has 0 spiro atoms. The molecule has 1 aliphatic carbocycles. The molecule has 8 heteroatoms. The van der Waals surface area contributed by atoms with Crippen molar-refractivity contribution >= 4 is 35.3 Å². The van der Waals surface area contributed by atoms with Gasteiger partial charge in [-0.2, -0.15) is 0 Å². The fourth-order valence-electron chi connectivity index (χ4n) is 3.95. The smallest absolute Gasteiger partial charge is 0.226 e. The maximum absolute atomic E-state index is 13.1. The summed E-state index contributed by atoms with van der Waals surface area (Å²) < 4.78 is 0. The Hall–Kier alpha value is -3.94. The van der Waals surface area contributed by atoms with Crippen LogP contribution < -0.4 is 10.6 Å². The molecular weight excluding hydrogens is 394 g/mol. The van der Waals surface area contributed by atoms with Gasteiger partial charge in [0.1, 0.15) is 5.82 Å². The van der Waals surface area contributed by atoms with E-state index in [9.17, 15) is 14.4 Å². The lowest BCUT2D eigenvalue weighted by Crippen LogP contribution is -2.40. The molecule has 2 aliphatic rings. The van der Waals surface area contributed by atoms with Crippen LogP contribution in [0.4, 0.5) is 17.2 Å². The van der Waals surface area contributed by atoms with Crippen molar-refractivity contribution in [2.45, 2.75) is 19.4 Å². The summed E-state index contributed by atoms with van der Waals surface area (Å²) in [6, 6.07) is 13.1. The zero-order chi connectivity index (χ0) is 21.4. The van der Waals surface area contributed by atoms with Crippen molar-refractivity contribution in [3.63, 3.8) is 0 Å². The standard InChI is InChI=1S/C23H21N5O3/c29-13-25-19-10-15(8-9-24-19)21-22(26-16-4-2-1-3-5-16)20-17(27-21)11-28(12-18(20)30)23(31)14-6-7-14/h1-5,8-10,13-14,26-27H,6-7,11-12H2,(H,24,25,29). The van der Waals surface area contributed by atoms with Gasteiger partial charge in [0, 0.05) is 29.1 Å². The van der Waals surface area contributed by atoms with Gasteiger partial charge < -0.3 is 20.5 Å². The Morgan fingerprint density at radius 2 is 1.97 bits per heavy atom. The minimum absolute atomic E-state index is 0.0501. The highest BCUT2D eigenvalue weighted by Gasteiger charge is 2.38. The van der Waals surface area contributed by atoms with Crippen molar-refractivity contribution < 1.29 is 14.4 Å². The van der Waals surface area contributed by atoms with Gasteiger partial charge in [0.25, 0.3) is 0 Å². The van der Waals surface area contributed by atoms with Gasteiger partial charge in [-0.3, -0.25) is 14.4 Å². The molecule has 0 saturated heterocycles. The number of amides is 2. The molecule has 31 heavy (non-hydrogen) atoms. The summed E-state index contributed by atoms with van der Waals surface area (Å²) in [7, 11) is 0. The number of hydrogen-bond donors (Lipinski definition) is 3. The normalized spacial score (nSPS) is 15.4. The van der Waals surface area contributed by atoms with Crippen LogP contribution in [0.25, 0.3) is 11.3 Å². The molecular formula is C23H21N5O3. The van der Waals surface area contributed by atoms with Crippen molar-refractivity contribution in [1.29, 1.82) is 0 Å². The summed E-state index contributed by atoms with van der Waals surface area (Å²) in [4.78, 5) is 45.7. The Balaban J connectivity index is 1.59. The van der Waals surface area contributed by atoms with Gasteiger partial charge in [-0.15, -0.1) is 0 Å². The van der Waals surface area contributed by atoms with Crippen molar-refractivity contribution in [3.05, 3.63) is 59.9 Å². The predicted octanol–water partition coefficient (Wildman–Crippen LogP) is 3.32. The van der Waals surface area contributed by atoms with E-state index in [1.807, 2.05) is 30.3 Å². The first-order chi connectivity index (χ1) is 15.1. The summed E-state index contributed by atoms with van der Waals surface area (Å²) in [5, 5.41) is 5.93. The van der Waals surface area contributed by atoms with Gasteiger partial charge in [0.2, 0.25) is 12.3 Å². The molecule has 3 aromatic rings. The third-order valence-electron chi connectivity index (χ3n) is 5.58. The van der Waals surface area contributed by atoms with E-state index in [0.717, 1.165) is 24.1 Å². The third kappa shape index (κ3) is 3.68. The Morgan fingerprint density at radius 1 is 1.16 bits per heavy atom. The van der Waals surface area contributed by atoms with Crippen LogP contribution in [0.5, 0.6) is 0 Å². The number of H-pyrrole nitrogens is 1. The number of ketones is 1. The maximum atomic E-state index is 13.1. The number of nitrogens with one attached hydrogen (secondary N) is 3. The van der Waals surface area contributed by atoms with Crippen LogP contribution in [0.15, 0.2) is 48.7 Å². The number of pyridine rings is 1. The van der Waals surface area contributed by atoms with Gasteiger partial charge >= 0.3 is 0 Å². The molecule has 0 bridgehead atoms. The topological polar surface area (TPSA) is 107 Å². The first kappa shape index (κ1) is 19.0. The van der Waals surface area contributed by atoms with Crippen molar-refractivity contribution in [2.75, 3.05) is 17.2 Å². The number of benzene rings is 1. The summed E-state index contributed by atoms with van der Waals surface area (Å²) >= 11 is 0. The monoisotopic (exact) mass is 415 g/mol. The van der Waals surface area contributed by atoms with Gasteiger partial charge in [-0.1, -0.05) is 18.2 Å². The fourth-order valence-corrected chi connectivity index (χ4v) is 3.95. The number of carbonyl (C=O) groups is 3. The second kappa shape index (κ2) is 7.71. The van der Waals surface area contributed by atoms with E-state index in [1.165, 1.54) is 0 Å². The molecule has 0 unspecified atom stereocenters. The number of nitrogens with zero attached hydrogens (tertiary/aromatic N) is 2. The number of rotatable bonds is 6. The van der Waals surface area contributed by atoms with Gasteiger partial charge in [-0.05, 0) is 37.1 Å². The van der Waals surface area contributed by atoms with Crippen LogP contribution in [0.3, 0.4) is 0 Å². The number of anilines is 3. The minimum Gasteiger partial charge on any atom is -0.355 e. The van der Waals surface area contributed by atoms with E-state index in [0.29, 0.717) is 41.4 Å². The summed E-state index contributed by atoms with van der Waals surface area (Å²) in [5.41, 5.74) is 4.25. The van der Waals surface area contributed by atoms with Crippen LogP contribution >= 0.6 is 0 Å². The summed E-state index contributed by atoms with van der Waals surface area (Å²) in [6.07, 6.45) is 3.96. The first-order valence-electron chi connectivity index (χ1n) is 10.2. The Kier molecular flexibility index (Phi) is 4.74. The van der Waals surface area contributed by atoms with Crippen molar-refractivity contribution in [1.82, 2.24) is 14.9 Å². The molecule has 8 nitrogen and oxygen atoms in total. The summed E-state index contributed by atoms with van der Waals surface area (Å²) in [6.45, 7) is 0.446. The highest BCUT2D eigenvalue weighted by Crippen LogP contribution is 2.39. The second-order valence-corrected chi connectivity index (χ2v) is 7.80. The highest BCUT2D eigenvalue weighted by molar-refractivity contribution is 6.09. The van der Waals surface area contributed by atoms with E-state index >= 15 is 0 Å². The minimum atomic E-state index is -0.100. The Labute approximate surface area is 178 Å². The van der Waals surface area contributed by atoms with Crippen LogP contribution in [0.2, 0.25) is 0 Å². The first-order valence-corrected chi connectivity index (χ1v) is 10.2. The molecule has 0 radical (unpaired) electrons. The molecule has 2 amide bonds. The average molecular weight is 415 g/mol. The number of aromatic nitrogens is 2. The number of carbonyl (C=O) groups excluding carboxylic acids is 3. The lowest BCUT2D eigenvalue weighted by atomic mass is 10.0. The molecule has 3 heterocycles. The average Bonchev–Trinajstić information content (AvgIpc) is 3.56. The number of hydrogen-bond acceptors (Lipinski definition) is 5. The third-order valence-corrected chi connectivity index (χ3v) is 5.58. The molecule has 1 aromatic carbocycles. The van der Waals surface area contributed by atoms with Crippen LogP contribution in [0, 0.1) is 5.92 Å².